The molecule has 1 rings (SSSR count). The summed E-state index contributed by atoms with van der Waals surface area (Å²) in [6, 6.07) is 0. The van der Waals surface area contributed by atoms with Crippen molar-refractivity contribution < 1.29 is 4.74 Å². The van der Waals surface area contributed by atoms with Crippen LogP contribution in [0.15, 0.2) is 12.2 Å². The maximum absolute atomic E-state index is 5.20. The van der Waals surface area contributed by atoms with Crippen LogP contribution in [0.1, 0.15) is 27.7 Å². The Labute approximate surface area is 63.1 Å². The second-order valence-corrected chi connectivity index (χ2v) is 4.30. The Hall–Kier alpha value is -0.300. The maximum Gasteiger partial charge on any atom is 0.107 e. The van der Waals surface area contributed by atoms with E-state index in [2.05, 4.69) is 39.8 Å². The summed E-state index contributed by atoms with van der Waals surface area (Å²) in [6.45, 7) is 9.56. The zero-order valence-electron chi connectivity index (χ0n) is 7.27. The van der Waals surface area contributed by atoms with Crippen molar-refractivity contribution in [2.24, 2.45) is 5.41 Å². The molecule has 58 valence electrons. The van der Waals surface area contributed by atoms with E-state index in [1.807, 2.05) is 0 Å². The first-order chi connectivity index (χ1) is 4.41. The zero-order chi connectivity index (χ0) is 7.83. The summed E-state index contributed by atoms with van der Waals surface area (Å²) < 4.78 is 5.20. The Morgan fingerprint density at radius 2 is 1.90 bits per heavy atom. The van der Waals surface area contributed by atoms with Gasteiger partial charge in [0.15, 0.2) is 0 Å². The van der Waals surface area contributed by atoms with Crippen LogP contribution in [0.3, 0.4) is 0 Å². The van der Waals surface area contributed by atoms with Crippen molar-refractivity contribution in [1.82, 2.24) is 0 Å². The van der Waals surface area contributed by atoms with Crippen molar-refractivity contribution in [3.8, 4) is 0 Å². The van der Waals surface area contributed by atoms with Gasteiger partial charge in [-0.3, -0.25) is 0 Å². The highest BCUT2D eigenvalue weighted by Crippen LogP contribution is 2.29. The summed E-state index contributed by atoms with van der Waals surface area (Å²) in [7, 11) is 0. The van der Waals surface area contributed by atoms with Crippen LogP contribution in [-0.4, -0.2) is 12.2 Å². The Balaban J connectivity index is 2.44. The van der Waals surface area contributed by atoms with Crippen molar-refractivity contribution >= 4 is 0 Å². The molecule has 1 fully saturated rings. The lowest BCUT2D eigenvalue weighted by Gasteiger charge is -2.11. The smallest absolute Gasteiger partial charge is 0.107 e. The summed E-state index contributed by atoms with van der Waals surface area (Å²) >= 11 is 0. The van der Waals surface area contributed by atoms with Gasteiger partial charge < -0.3 is 4.74 Å². The van der Waals surface area contributed by atoms with Gasteiger partial charge in [-0.05, 0) is 12.3 Å². The van der Waals surface area contributed by atoms with Crippen LogP contribution in [0.2, 0.25) is 0 Å². The molecular formula is C9H16O. The summed E-state index contributed by atoms with van der Waals surface area (Å²) in [5.74, 6) is 0. The van der Waals surface area contributed by atoms with Crippen molar-refractivity contribution in [2.45, 2.75) is 33.3 Å². The van der Waals surface area contributed by atoms with Crippen LogP contribution in [0.4, 0.5) is 0 Å². The summed E-state index contributed by atoms with van der Waals surface area (Å²) in [4.78, 5) is 0. The molecule has 0 aliphatic carbocycles. The molecule has 1 unspecified atom stereocenters. The fraction of sp³-hybridized carbons (Fsp3) is 0.778. The van der Waals surface area contributed by atoms with Gasteiger partial charge in [0.2, 0.25) is 0 Å². The Morgan fingerprint density at radius 1 is 1.40 bits per heavy atom. The lowest BCUT2D eigenvalue weighted by atomic mass is 9.94. The third-order valence-corrected chi connectivity index (χ3v) is 1.54. The van der Waals surface area contributed by atoms with Crippen LogP contribution in [-0.2, 0) is 4.74 Å². The van der Waals surface area contributed by atoms with Crippen molar-refractivity contribution in [1.29, 1.82) is 0 Å². The molecule has 1 atom stereocenters. The lowest BCUT2D eigenvalue weighted by Crippen LogP contribution is -2.04. The van der Waals surface area contributed by atoms with Crippen LogP contribution < -0.4 is 0 Å². The number of epoxide rings is 1. The van der Waals surface area contributed by atoms with E-state index in [1.54, 1.807) is 0 Å². The van der Waals surface area contributed by atoms with E-state index in [1.165, 1.54) is 0 Å². The van der Waals surface area contributed by atoms with E-state index in [0.717, 1.165) is 6.61 Å². The summed E-state index contributed by atoms with van der Waals surface area (Å²) in [6.07, 6.45) is 4.37. The minimum absolute atomic E-state index is 0.0767. The van der Waals surface area contributed by atoms with Gasteiger partial charge in [-0.1, -0.05) is 32.9 Å². The van der Waals surface area contributed by atoms with E-state index in [9.17, 15) is 0 Å². The molecule has 1 heterocycles. The van der Waals surface area contributed by atoms with E-state index < -0.39 is 0 Å². The SMILES string of the molecule is CC(C)(C)C=CC1(C)CO1. The molecule has 0 aromatic carbocycles. The van der Waals surface area contributed by atoms with Crippen LogP contribution in [0.5, 0.6) is 0 Å². The van der Waals surface area contributed by atoms with Crippen molar-refractivity contribution in [3.63, 3.8) is 0 Å². The molecule has 0 spiro atoms. The van der Waals surface area contributed by atoms with Gasteiger partial charge in [-0.25, -0.2) is 0 Å². The van der Waals surface area contributed by atoms with E-state index >= 15 is 0 Å². The zero-order valence-corrected chi connectivity index (χ0v) is 7.27. The minimum Gasteiger partial charge on any atom is -0.365 e. The highest BCUT2D eigenvalue weighted by atomic mass is 16.6. The monoisotopic (exact) mass is 140 g/mol. The molecular weight excluding hydrogens is 124 g/mol. The van der Waals surface area contributed by atoms with Gasteiger partial charge in [0.25, 0.3) is 0 Å². The molecule has 0 amide bonds. The molecule has 10 heavy (non-hydrogen) atoms. The first-order valence-corrected chi connectivity index (χ1v) is 3.76. The number of rotatable bonds is 1. The molecule has 1 heteroatoms. The molecule has 1 saturated heterocycles. The Bertz CT molecular complexity index is 139. The quantitative estimate of drug-likeness (QED) is 0.402. The fourth-order valence-electron chi connectivity index (χ4n) is 0.636. The number of hydrogen-bond donors (Lipinski definition) is 0. The highest BCUT2D eigenvalue weighted by molar-refractivity contribution is 5.09. The van der Waals surface area contributed by atoms with Gasteiger partial charge in [0, 0.05) is 0 Å². The predicted octanol–water partition coefficient (Wildman–Crippen LogP) is 2.38. The molecule has 1 aliphatic heterocycles. The molecule has 0 aromatic rings. The van der Waals surface area contributed by atoms with Crippen LogP contribution in [0, 0.1) is 5.41 Å². The maximum atomic E-state index is 5.20. The first kappa shape index (κ1) is 7.80. The normalized spacial score (nSPS) is 33.2. The molecule has 1 nitrogen and oxygen atoms in total. The van der Waals surface area contributed by atoms with E-state index in [0.29, 0.717) is 0 Å². The fourth-order valence-corrected chi connectivity index (χ4v) is 0.636. The van der Waals surface area contributed by atoms with E-state index in [-0.39, 0.29) is 11.0 Å². The van der Waals surface area contributed by atoms with Gasteiger partial charge >= 0.3 is 0 Å². The number of hydrogen-bond acceptors (Lipinski definition) is 1. The lowest BCUT2D eigenvalue weighted by molar-refractivity contribution is 0.367. The average molecular weight is 140 g/mol. The van der Waals surface area contributed by atoms with Gasteiger partial charge in [-0.2, -0.15) is 0 Å². The van der Waals surface area contributed by atoms with Gasteiger partial charge in [0.1, 0.15) is 5.60 Å². The highest BCUT2D eigenvalue weighted by Gasteiger charge is 2.36. The number of allylic oxidation sites excluding steroid dienone is 1. The predicted molar refractivity (Wildman–Crippen MR) is 43.0 cm³/mol. The Morgan fingerprint density at radius 3 is 2.20 bits per heavy atom. The molecule has 0 radical (unpaired) electrons. The van der Waals surface area contributed by atoms with Crippen molar-refractivity contribution in [2.75, 3.05) is 6.61 Å². The third kappa shape index (κ3) is 2.53. The molecule has 0 aromatic heterocycles. The van der Waals surface area contributed by atoms with Crippen molar-refractivity contribution in [3.05, 3.63) is 12.2 Å². The summed E-state index contributed by atoms with van der Waals surface area (Å²) in [5, 5.41) is 0. The Kier molecular flexibility index (Phi) is 1.63. The van der Waals surface area contributed by atoms with Crippen LogP contribution >= 0.6 is 0 Å². The minimum atomic E-state index is 0.0767. The van der Waals surface area contributed by atoms with E-state index in [4.69, 9.17) is 4.74 Å². The standard InChI is InChI=1S/C9H16O/c1-8(2,3)5-6-9(4)7-10-9/h5-6H,7H2,1-4H3. The van der Waals surface area contributed by atoms with Gasteiger partial charge in [0.05, 0.1) is 6.61 Å². The first-order valence-electron chi connectivity index (χ1n) is 3.76. The largest absolute Gasteiger partial charge is 0.365 e. The average Bonchev–Trinajstić information content (AvgIpc) is 2.43. The summed E-state index contributed by atoms with van der Waals surface area (Å²) in [5.41, 5.74) is 0.363. The van der Waals surface area contributed by atoms with Crippen LogP contribution in [0.25, 0.3) is 0 Å². The second kappa shape index (κ2) is 2.09. The number of ether oxygens (including phenoxy) is 1. The molecule has 0 bridgehead atoms. The molecule has 1 aliphatic rings. The third-order valence-electron chi connectivity index (χ3n) is 1.54. The van der Waals surface area contributed by atoms with Gasteiger partial charge in [-0.15, -0.1) is 0 Å². The topological polar surface area (TPSA) is 12.5 Å². The molecule has 0 N–H and O–H groups in total. The molecule has 0 saturated carbocycles. The second-order valence-electron chi connectivity index (χ2n) is 4.30.